The highest BCUT2D eigenvalue weighted by Crippen LogP contribution is 2.18. The summed E-state index contributed by atoms with van der Waals surface area (Å²) in [5.41, 5.74) is 6.49. The fraction of sp³-hybridized carbons (Fsp3) is 0.538. The number of hydrogen-bond donors (Lipinski definition) is 2. The van der Waals surface area contributed by atoms with Gasteiger partial charge in [0.15, 0.2) is 0 Å². The van der Waals surface area contributed by atoms with Crippen molar-refractivity contribution in [3.05, 3.63) is 30.1 Å². The van der Waals surface area contributed by atoms with Gasteiger partial charge in [-0.1, -0.05) is 19.9 Å². The Balaban J connectivity index is 2.69. The van der Waals surface area contributed by atoms with E-state index in [1.807, 2.05) is 12.1 Å². The zero-order chi connectivity index (χ0) is 12.7. The molecule has 0 aliphatic rings. The Morgan fingerprint density at radius 3 is 2.82 bits per heavy atom. The number of nitrogens with zero attached hydrogens (tertiary/aromatic N) is 1. The first-order valence-electron chi connectivity index (χ1n) is 6.02. The molecule has 1 aromatic rings. The molecule has 0 radical (unpaired) electrons. The second-order valence-electron chi connectivity index (χ2n) is 4.56. The van der Waals surface area contributed by atoms with Gasteiger partial charge in [0.1, 0.15) is 0 Å². The summed E-state index contributed by atoms with van der Waals surface area (Å²) < 4.78 is 0. The summed E-state index contributed by atoms with van der Waals surface area (Å²) in [5.74, 6) is 0.302. The minimum Gasteiger partial charge on any atom is -0.355 e. The maximum atomic E-state index is 12.0. The second kappa shape index (κ2) is 7.01. The lowest BCUT2D eigenvalue weighted by molar-refractivity contribution is -0.122. The summed E-state index contributed by atoms with van der Waals surface area (Å²) in [6, 6.07) is 3.76. The molecule has 1 atom stereocenters. The van der Waals surface area contributed by atoms with Gasteiger partial charge in [-0.3, -0.25) is 9.78 Å². The summed E-state index contributed by atoms with van der Waals surface area (Å²) in [6.45, 7) is 5.33. The third-order valence-corrected chi connectivity index (χ3v) is 2.54. The number of rotatable bonds is 6. The number of pyridine rings is 1. The highest BCUT2D eigenvalue weighted by molar-refractivity contribution is 5.83. The van der Waals surface area contributed by atoms with E-state index in [0.29, 0.717) is 25.4 Å². The van der Waals surface area contributed by atoms with Crippen molar-refractivity contribution in [2.75, 3.05) is 13.1 Å². The summed E-state index contributed by atoms with van der Waals surface area (Å²) in [5, 5.41) is 2.94. The van der Waals surface area contributed by atoms with Crippen molar-refractivity contribution in [1.29, 1.82) is 0 Å². The molecule has 1 rings (SSSR count). The standard InChI is InChI=1S/C13H21N3O/c1-10(2)8-16-13(17)12(5-6-14)11-4-3-7-15-9-11/h3-4,7,9-10,12H,5-6,8,14H2,1-2H3,(H,16,17). The predicted octanol–water partition coefficient (Wildman–Crippen LogP) is 1.29. The van der Waals surface area contributed by atoms with Crippen molar-refractivity contribution in [2.45, 2.75) is 26.2 Å². The van der Waals surface area contributed by atoms with Crippen LogP contribution in [-0.2, 0) is 4.79 Å². The monoisotopic (exact) mass is 235 g/mol. The summed E-state index contributed by atoms with van der Waals surface area (Å²) in [7, 11) is 0. The minimum atomic E-state index is -0.188. The number of carbonyl (C=O) groups excluding carboxylic acids is 1. The van der Waals surface area contributed by atoms with Crippen LogP contribution in [-0.4, -0.2) is 24.0 Å². The number of nitrogens with one attached hydrogen (secondary N) is 1. The number of nitrogens with two attached hydrogens (primary N) is 1. The Labute approximate surface area is 103 Å². The van der Waals surface area contributed by atoms with Crippen LogP contribution in [0.4, 0.5) is 0 Å². The van der Waals surface area contributed by atoms with Crippen molar-refractivity contribution in [2.24, 2.45) is 11.7 Å². The number of amides is 1. The van der Waals surface area contributed by atoms with Gasteiger partial charge < -0.3 is 11.1 Å². The number of aromatic nitrogens is 1. The van der Waals surface area contributed by atoms with Crippen LogP contribution >= 0.6 is 0 Å². The molecular weight excluding hydrogens is 214 g/mol. The summed E-state index contributed by atoms with van der Waals surface area (Å²) >= 11 is 0. The minimum absolute atomic E-state index is 0.0390. The molecule has 1 amide bonds. The molecule has 0 saturated carbocycles. The average molecular weight is 235 g/mol. The van der Waals surface area contributed by atoms with E-state index >= 15 is 0 Å². The van der Waals surface area contributed by atoms with E-state index in [1.54, 1.807) is 12.4 Å². The molecule has 17 heavy (non-hydrogen) atoms. The van der Waals surface area contributed by atoms with Crippen molar-refractivity contribution in [3.63, 3.8) is 0 Å². The van der Waals surface area contributed by atoms with Crippen LogP contribution < -0.4 is 11.1 Å². The van der Waals surface area contributed by atoms with Crippen molar-refractivity contribution in [3.8, 4) is 0 Å². The Bertz CT molecular complexity index is 338. The lowest BCUT2D eigenvalue weighted by atomic mass is 9.96. The van der Waals surface area contributed by atoms with Crippen LogP contribution in [0.25, 0.3) is 0 Å². The zero-order valence-electron chi connectivity index (χ0n) is 10.5. The third-order valence-electron chi connectivity index (χ3n) is 2.54. The smallest absolute Gasteiger partial charge is 0.227 e. The van der Waals surface area contributed by atoms with Gasteiger partial charge in [0, 0.05) is 18.9 Å². The highest BCUT2D eigenvalue weighted by atomic mass is 16.1. The quantitative estimate of drug-likeness (QED) is 0.780. The number of hydrogen-bond acceptors (Lipinski definition) is 3. The van der Waals surface area contributed by atoms with Crippen LogP contribution in [0, 0.1) is 5.92 Å². The van der Waals surface area contributed by atoms with E-state index in [0.717, 1.165) is 5.56 Å². The molecule has 0 saturated heterocycles. The van der Waals surface area contributed by atoms with Crippen LogP contribution in [0.15, 0.2) is 24.5 Å². The molecule has 0 aliphatic heterocycles. The molecule has 3 N–H and O–H groups in total. The maximum absolute atomic E-state index is 12.0. The van der Waals surface area contributed by atoms with Crippen LogP contribution in [0.3, 0.4) is 0 Å². The van der Waals surface area contributed by atoms with E-state index in [4.69, 9.17) is 5.73 Å². The van der Waals surface area contributed by atoms with Crippen LogP contribution in [0.1, 0.15) is 31.7 Å². The fourth-order valence-electron chi connectivity index (χ4n) is 1.63. The van der Waals surface area contributed by atoms with Crippen molar-refractivity contribution in [1.82, 2.24) is 10.3 Å². The van der Waals surface area contributed by atoms with E-state index in [1.165, 1.54) is 0 Å². The van der Waals surface area contributed by atoms with Gasteiger partial charge in [-0.05, 0) is 30.5 Å². The topological polar surface area (TPSA) is 68.0 Å². The summed E-state index contributed by atoms with van der Waals surface area (Å²) in [6.07, 6.45) is 4.08. The Morgan fingerprint density at radius 2 is 2.29 bits per heavy atom. The Kier molecular flexibility index (Phi) is 5.63. The van der Waals surface area contributed by atoms with Crippen LogP contribution in [0.5, 0.6) is 0 Å². The summed E-state index contributed by atoms with van der Waals surface area (Å²) in [4.78, 5) is 16.1. The van der Waals surface area contributed by atoms with E-state index in [-0.39, 0.29) is 11.8 Å². The molecule has 0 fully saturated rings. The molecule has 1 heterocycles. The van der Waals surface area contributed by atoms with Gasteiger partial charge in [-0.15, -0.1) is 0 Å². The molecule has 0 spiro atoms. The molecule has 1 aromatic heterocycles. The van der Waals surface area contributed by atoms with Gasteiger partial charge >= 0.3 is 0 Å². The van der Waals surface area contributed by atoms with E-state index in [2.05, 4.69) is 24.1 Å². The van der Waals surface area contributed by atoms with E-state index < -0.39 is 0 Å². The molecule has 1 unspecified atom stereocenters. The lowest BCUT2D eigenvalue weighted by Crippen LogP contribution is -2.33. The maximum Gasteiger partial charge on any atom is 0.227 e. The van der Waals surface area contributed by atoms with Crippen molar-refractivity contribution >= 4 is 5.91 Å². The molecule has 0 aromatic carbocycles. The van der Waals surface area contributed by atoms with E-state index in [9.17, 15) is 4.79 Å². The third kappa shape index (κ3) is 4.53. The average Bonchev–Trinajstić information content (AvgIpc) is 2.34. The fourth-order valence-corrected chi connectivity index (χ4v) is 1.63. The Hall–Kier alpha value is -1.42. The molecule has 94 valence electrons. The van der Waals surface area contributed by atoms with Crippen molar-refractivity contribution < 1.29 is 4.79 Å². The van der Waals surface area contributed by atoms with Gasteiger partial charge in [0.05, 0.1) is 5.92 Å². The first-order valence-corrected chi connectivity index (χ1v) is 6.02. The van der Waals surface area contributed by atoms with Gasteiger partial charge in [-0.2, -0.15) is 0 Å². The number of carbonyl (C=O) groups is 1. The first-order chi connectivity index (χ1) is 8.15. The van der Waals surface area contributed by atoms with Gasteiger partial charge in [0.25, 0.3) is 0 Å². The second-order valence-corrected chi connectivity index (χ2v) is 4.56. The van der Waals surface area contributed by atoms with Gasteiger partial charge in [-0.25, -0.2) is 0 Å². The normalized spacial score (nSPS) is 12.5. The molecule has 0 bridgehead atoms. The lowest BCUT2D eigenvalue weighted by Gasteiger charge is -2.17. The Morgan fingerprint density at radius 1 is 1.53 bits per heavy atom. The zero-order valence-corrected chi connectivity index (χ0v) is 10.5. The molecule has 4 nitrogen and oxygen atoms in total. The largest absolute Gasteiger partial charge is 0.355 e. The first kappa shape index (κ1) is 13.6. The SMILES string of the molecule is CC(C)CNC(=O)C(CCN)c1cccnc1. The van der Waals surface area contributed by atoms with Crippen LogP contribution in [0.2, 0.25) is 0 Å². The predicted molar refractivity (Wildman–Crippen MR) is 68.5 cm³/mol. The highest BCUT2D eigenvalue weighted by Gasteiger charge is 2.19. The van der Waals surface area contributed by atoms with Gasteiger partial charge in [0.2, 0.25) is 5.91 Å². The molecular formula is C13H21N3O. The molecule has 0 aliphatic carbocycles. The molecule has 4 heteroatoms.